The van der Waals surface area contributed by atoms with Crippen LogP contribution in [-0.4, -0.2) is 34.4 Å². The summed E-state index contributed by atoms with van der Waals surface area (Å²) in [5.74, 6) is -1.20. The monoisotopic (exact) mass is 389 g/mol. The molecule has 1 amide bonds. The van der Waals surface area contributed by atoms with Crippen LogP contribution in [0.3, 0.4) is 0 Å². The minimum atomic E-state index is -0.992. The number of hydrogen-bond donors (Lipinski definition) is 1. The van der Waals surface area contributed by atoms with Crippen LogP contribution in [0.4, 0.5) is 0 Å². The molecule has 0 unspecified atom stereocenters. The molecule has 1 atom stereocenters. The highest BCUT2D eigenvalue weighted by molar-refractivity contribution is 6.05. The first kappa shape index (κ1) is 19.1. The Balaban J connectivity index is 1.72. The second-order valence-electron chi connectivity index (χ2n) is 7.33. The van der Waals surface area contributed by atoms with Gasteiger partial charge in [-0.05, 0) is 18.6 Å². The quantitative estimate of drug-likeness (QED) is 0.678. The van der Waals surface area contributed by atoms with Crippen molar-refractivity contribution >= 4 is 22.8 Å². The lowest BCUT2D eigenvalue weighted by atomic mass is 9.95. The molecule has 0 radical (unpaired) electrons. The molecule has 0 spiro atoms. The van der Waals surface area contributed by atoms with Crippen LogP contribution in [-0.2, 0) is 29.0 Å². The van der Waals surface area contributed by atoms with Crippen molar-refractivity contribution in [1.29, 1.82) is 0 Å². The highest BCUT2D eigenvalue weighted by Crippen LogP contribution is 2.29. The van der Waals surface area contributed by atoms with Gasteiger partial charge in [0.15, 0.2) is 6.10 Å². The van der Waals surface area contributed by atoms with Gasteiger partial charge in [-0.25, -0.2) is 4.79 Å². The van der Waals surface area contributed by atoms with Crippen molar-refractivity contribution in [2.24, 2.45) is 5.73 Å². The van der Waals surface area contributed by atoms with Crippen LogP contribution in [0.15, 0.2) is 54.6 Å². The lowest BCUT2D eigenvalue weighted by Gasteiger charge is -2.30. The molecule has 0 saturated carbocycles. The number of pyridine rings is 1. The maximum absolute atomic E-state index is 13.0. The van der Waals surface area contributed by atoms with E-state index in [9.17, 15) is 9.59 Å². The fraction of sp³-hybridized carbons (Fsp3) is 0.261. The number of fused-ring (bicyclic) bond motifs is 2. The zero-order valence-electron chi connectivity index (χ0n) is 16.3. The Morgan fingerprint density at radius 1 is 1.14 bits per heavy atom. The zero-order chi connectivity index (χ0) is 20.4. The Labute approximate surface area is 169 Å². The van der Waals surface area contributed by atoms with E-state index in [1.165, 1.54) is 12.5 Å². The van der Waals surface area contributed by atoms with Gasteiger partial charge in [0, 0.05) is 42.7 Å². The molecule has 0 bridgehead atoms. The van der Waals surface area contributed by atoms with E-state index in [1.807, 2.05) is 42.5 Å². The molecule has 0 fully saturated rings. The summed E-state index contributed by atoms with van der Waals surface area (Å²) in [6, 6.07) is 17.8. The lowest BCUT2D eigenvalue weighted by Crippen LogP contribution is -2.34. The molecule has 29 heavy (non-hydrogen) atoms. The maximum Gasteiger partial charge on any atom is 0.339 e. The van der Waals surface area contributed by atoms with Gasteiger partial charge in [-0.15, -0.1) is 0 Å². The van der Waals surface area contributed by atoms with Gasteiger partial charge in [0.1, 0.15) is 0 Å². The summed E-state index contributed by atoms with van der Waals surface area (Å²) in [5, 5.41) is 0.731. The molecule has 6 nitrogen and oxygen atoms in total. The smallest absolute Gasteiger partial charge is 0.339 e. The summed E-state index contributed by atoms with van der Waals surface area (Å²) in [5.41, 5.74) is 9.51. The van der Waals surface area contributed by atoms with Gasteiger partial charge in [0.25, 0.3) is 5.91 Å². The van der Waals surface area contributed by atoms with E-state index < -0.39 is 18.0 Å². The molecule has 1 aromatic heterocycles. The number of rotatable bonds is 5. The van der Waals surface area contributed by atoms with E-state index in [0.717, 1.165) is 41.7 Å². The molecule has 0 saturated heterocycles. The van der Waals surface area contributed by atoms with Gasteiger partial charge in [-0.3, -0.25) is 14.7 Å². The molecular formula is C23H23N3O3. The molecular weight excluding hydrogens is 366 g/mol. The second-order valence-corrected chi connectivity index (χ2v) is 7.33. The Morgan fingerprint density at radius 2 is 1.86 bits per heavy atom. The molecule has 2 heterocycles. The predicted octanol–water partition coefficient (Wildman–Crippen LogP) is 2.82. The second kappa shape index (κ2) is 8.01. The standard InChI is InChI=1S/C23H23N3O3/c1-15(22(24)27)29-23(28)21-17-9-5-6-10-19(17)25-20-11-12-26(14-18(20)21)13-16-7-3-2-4-8-16/h2-10,15H,11-14H2,1H3,(H2,24,27)/t15-/m0/s1. The predicted molar refractivity (Wildman–Crippen MR) is 110 cm³/mol. The highest BCUT2D eigenvalue weighted by Gasteiger charge is 2.28. The Bertz CT molecular complexity index is 1070. The van der Waals surface area contributed by atoms with Crippen LogP contribution in [0, 0.1) is 0 Å². The first-order valence-electron chi connectivity index (χ1n) is 9.70. The number of esters is 1. The zero-order valence-corrected chi connectivity index (χ0v) is 16.3. The summed E-state index contributed by atoms with van der Waals surface area (Å²) in [6.07, 6.45) is -0.243. The fourth-order valence-electron chi connectivity index (χ4n) is 3.73. The van der Waals surface area contributed by atoms with Gasteiger partial charge in [0.05, 0.1) is 11.1 Å². The van der Waals surface area contributed by atoms with Gasteiger partial charge in [-0.2, -0.15) is 0 Å². The van der Waals surface area contributed by atoms with Crippen molar-refractivity contribution in [2.45, 2.75) is 32.5 Å². The number of amides is 1. The maximum atomic E-state index is 13.0. The van der Waals surface area contributed by atoms with Crippen LogP contribution in [0.25, 0.3) is 10.9 Å². The van der Waals surface area contributed by atoms with Gasteiger partial charge in [0.2, 0.25) is 0 Å². The van der Waals surface area contributed by atoms with E-state index in [1.54, 1.807) is 0 Å². The average Bonchev–Trinajstić information content (AvgIpc) is 2.72. The summed E-state index contributed by atoms with van der Waals surface area (Å²) in [4.78, 5) is 31.5. The highest BCUT2D eigenvalue weighted by atomic mass is 16.5. The first-order chi connectivity index (χ1) is 14.0. The Morgan fingerprint density at radius 3 is 2.62 bits per heavy atom. The average molecular weight is 389 g/mol. The van der Waals surface area contributed by atoms with E-state index in [4.69, 9.17) is 15.5 Å². The van der Waals surface area contributed by atoms with E-state index in [-0.39, 0.29) is 0 Å². The lowest BCUT2D eigenvalue weighted by molar-refractivity contribution is -0.125. The summed E-state index contributed by atoms with van der Waals surface area (Å²) < 4.78 is 5.37. The number of carbonyl (C=O) groups is 2. The third-order valence-corrected chi connectivity index (χ3v) is 5.26. The van der Waals surface area contributed by atoms with Crippen LogP contribution in [0.5, 0.6) is 0 Å². The molecule has 1 aliphatic rings. The number of nitrogens with zero attached hydrogens (tertiary/aromatic N) is 2. The minimum absolute atomic E-state index is 0.483. The number of hydrogen-bond acceptors (Lipinski definition) is 5. The topological polar surface area (TPSA) is 85.5 Å². The first-order valence-corrected chi connectivity index (χ1v) is 9.70. The summed E-state index contributed by atoms with van der Waals surface area (Å²) in [6.45, 7) is 3.73. The number of nitrogens with two attached hydrogens (primary N) is 1. The van der Waals surface area contributed by atoms with Gasteiger partial charge >= 0.3 is 5.97 Å². The molecule has 2 aromatic carbocycles. The number of aromatic nitrogens is 1. The third-order valence-electron chi connectivity index (χ3n) is 5.26. The normalized spacial score (nSPS) is 14.9. The largest absolute Gasteiger partial charge is 0.449 e. The number of ether oxygens (including phenoxy) is 1. The van der Waals surface area contributed by atoms with Crippen molar-refractivity contribution in [2.75, 3.05) is 6.54 Å². The van der Waals surface area contributed by atoms with Gasteiger partial charge in [-0.1, -0.05) is 48.5 Å². The van der Waals surface area contributed by atoms with Crippen LogP contribution in [0.1, 0.15) is 34.1 Å². The van der Waals surface area contributed by atoms with Crippen molar-refractivity contribution in [1.82, 2.24) is 9.88 Å². The number of para-hydroxylation sites is 1. The van der Waals surface area contributed by atoms with E-state index >= 15 is 0 Å². The molecule has 0 aliphatic carbocycles. The summed E-state index contributed by atoms with van der Waals surface area (Å²) in [7, 11) is 0. The van der Waals surface area contributed by atoms with Crippen molar-refractivity contribution in [3.63, 3.8) is 0 Å². The minimum Gasteiger partial charge on any atom is -0.449 e. The molecule has 6 heteroatoms. The molecule has 2 N–H and O–H groups in total. The molecule has 1 aliphatic heterocycles. The SMILES string of the molecule is C[C@H](OC(=O)c1c2c(nc3ccccc13)CCN(Cc1ccccc1)C2)C(N)=O. The molecule has 4 rings (SSSR count). The van der Waals surface area contributed by atoms with Crippen LogP contribution >= 0.6 is 0 Å². The Hall–Kier alpha value is -3.25. The fourth-order valence-corrected chi connectivity index (χ4v) is 3.73. The van der Waals surface area contributed by atoms with E-state index in [0.29, 0.717) is 12.1 Å². The molecule has 3 aromatic rings. The number of carbonyl (C=O) groups excluding carboxylic acids is 2. The van der Waals surface area contributed by atoms with Crippen molar-refractivity contribution < 1.29 is 14.3 Å². The Kier molecular flexibility index (Phi) is 5.27. The summed E-state index contributed by atoms with van der Waals surface area (Å²) >= 11 is 0. The van der Waals surface area contributed by atoms with Crippen molar-refractivity contribution in [3.8, 4) is 0 Å². The van der Waals surface area contributed by atoms with Crippen LogP contribution < -0.4 is 5.73 Å². The van der Waals surface area contributed by atoms with Crippen molar-refractivity contribution in [3.05, 3.63) is 77.0 Å². The van der Waals surface area contributed by atoms with Gasteiger partial charge < -0.3 is 10.5 Å². The number of benzene rings is 2. The number of primary amides is 1. The molecule has 148 valence electrons. The third kappa shape index (κ3) is 3.98. The van der Waals surface area contributed by atoms with Crippen LogP contribution in [0.2, 0.25) is 0 Å². The van der Waals surface area contributed by atoms with E-state index in [2.05, 4.69) is 17.0 Å².